The molecule has 1 aliphatic heterocycles. The second-order valence-electron chi connectivity index (χ2n) is 10.5. The number of carboxylic acid groups (broad SMARTS) is 1. The SMILES string of the molecule is COc1ccc(OCCC2CCCNC2)cc1CNC(=O)[C@H](CCc1ccccc1)NC(=O)[C@H](CC(=O)O)NC(C)=O. The summed E-state index contributed by atoms with van der Waals surface area (Å²) in [5.74, 6) is -1.15. The van der Waals surface area contributed by atoms with Gasteiger partial charge in [-0.25, -0.2) is 0 Å². The van der Waals surface area contributed by atoms with Crippen molar-refractivity contribution < 1.29 is 33.8 Å². The molecular formula is C31H42N4O7. The van der Waals surface area contributed by atoms with Crippen LogP contribution in [0.5, 0.6) is 11.5 Å². The monoisotopic (exact) mass is 582 g/mol. The minimum absolute atomic E-state index is 0.119. The highest BCUT2D eigenvalue weighted by Gasteiger charge is 2.28. The van der Waals surface area contributed by atoms with Gasteiger partial charge in [0.05, 0.1) is 20.1 Å². The molecule has 3 rings (SSSR count). The summed E-state index contributed by atoms with van der Waals surface area (Å²) in [6, 6.07) is 12.7. The summed E-state index contributed by atoms with van der Waals surface area (Å²) in [6.07, 6.45) is 3.47. The van der Waals surface area contributed by atoms with E-state index in [0.717, 1.165) is 25.1 Å². The van der Waals surface area contributed by atoms with Gasteiger partial charge in [0.15, 0.2) is 0 Å². The van der Waals surface area contributed by atoms with Gasteiger partial charge in [-0.3, -0.25) is 19.2 Å². The van der Waals surface area contributed by atoms with E-state index in [1.165, 1.54) is 19.8 Å². The van der Waals surface area contributed by atoms with Gasteiger partial charge in [0.2, 0.25) is 17.7 Å². The number of piperidine rings is 1. The lowest BCUT2D eigenvalue weighted by Crippen LogP contribution is -2.54. The van der Waals surface area contributed by atoms with E-state index >= 15 is 0 Å². The van der Waals surface area contributed by atoms with Crippen molar-refractivity contribution in [3.63, 3.8) is 0 Å². The van der Waals surface area contributed by atoms with Crippen LogP contribution in [-0.4, -0.2) is 67.7 Å². The molecule has 1 fully saturated rings. The number of hydrogen-bond acceptors (Lipinski definition) is 7. The molecule has 0 bridgehead atoms. The predicted octanol–water partition coefficient (Wildman–Crippen LogP) is 2.18. The van der Waals surface area contributed by atoms with E-state index < -0.39 is 42.2 Å². The Hall–Kier alpha value is -4.12. The summed E-state index contributed by atoms with van der Waals surface area (Å²) < 4.78 is 11.5. The quantitative estimate of drug-likeness (QED) is 0.202. The maximum Gasteiger partial charge on any atom is 0.305 e. The molecular weight excluding hydrogens is 540 g/mol. The van der Waals surface area contributed by atoms with Crippen molar-refractivity contribution in [2.75, 3.05) is 26.8 Å². The van der Waals surface area contributed by atoms with Crippen molar-refractivity contribution in [2.24, 2.45) is 5.92 Å². The lowest BCUT2D eigenvalue weighted by molar-refractivity contribution is -0.140. The Morgan fingerprint density at radius 2 is 1.83 bits per heavy atom. The number of rotatable bonds is 16. The third-order valence-electron chi connectivity index (χ3n) is 7.17. The van der Waals surface area contributed by atoms with Crippen molar-refractivity contribution in [1.82, 2.24) is 21.3 Å². The second kappa shape index (κ2) is 17.0. The van der Waals surface area contributed by atoms with E-state index in [1.807, 2.05) is 42.5 Å². The van der Waals surface area contributed by atoms with E-state index in [1.54, 1.807) is 13.2 Å². The molecule has 0 radical (unpaired) electrons. The maximum absolute atomic E-state index is 13.4. The third kappa shape index (κ3) is 11.0. The minimum Gasteiger partial charge on any atom is -0.496 e. The van der Waals surface area contributed by atoms with E-state index in [9.17, 15) is 24.3 Å². The molecule has 0 aromatic heterocycles. The van der Waals surface area contributed by atoms with Crippen LogP contribution in [0, 0.1) is 5.92 Å². The fourth-order valence-electron chi connectivity index (χ4n) is 4.93. The number of carboxylic acids is 1. The minimum atomic E-state index is -1.31. The first-order valence-corrected chi connectivity index (χ1v) is 14.4. The number of aryl methyl sites for hydroxylation is 1. The smallest absolute Gasteiger partial charge is 0.305 e. The molecule has 5 N–H and O–H groups in total. The van der Waals surface area contributed by atoms with Gasteiger partial charge in [0, 0.05) is 19.0 Å². The molecule has 2 aromatic rings. The van der Waals surface area contributed by atoms with Gasteiger partial charge in [0.1, 0.15) is 23.6 Å². The molecule has 228 valence electrons. The van der Waals surface area contributed by atoms with Crippen LogP contribution in [0.15, 0.2) is 48.5 Å². The third-order valence-corrected chi connectivity index (χ3v) is 7.17. The highest BCUT2D eigenvalue weighted by atomic mass is 16.5. The summed E-state index contributed by atoms with van der Waals surface area (Å²) in [6.45, 7) is 3.98. The zero-order valence-corrected chi connectivity index (χ0v) is 24.3. The number of methoxy groups -OCH3 is 1. The molecule has 2 aromatic carbocycles. The average molecular weight is 583 g/mol. The van der Waals surface area contributed by atoms with E-state index in [4.69, 9.17) is 9.47 Å². The summed E-state index contributed by atoms with van der Waals surface area (Å²) in [5, 5.41) is 20.5. The highest BCUT2D eigenvalue weighted by Crippen LogP contribution is 2.25. The van der Waals surface area contributed by atoms with Gasteiger partial charge in [0.25, 0.3) is 0 Å². The average Bonchev–Trinajstić information content (AvgIpc) is 2.98. The number of nitrogens with one attached hydrogen (secondary N) is 4. The first-order valence-electron chi connectivity index (χ1n) is 14.4. The van der Waals surface area contributed by atoms with Crippen LogP contribution in [0.2, 0.25) is 0 Å². The lowest BCUT2D eigenvalue weighted by atomic mass is 9.97. The largest absolute Gasteiger partial charge is 0.496 e. The van der Waals surface area contributed by atoms with E-state index in [0.29, 0.717) is 36.0 Å². The van der Waals surface area contributed by atoms with Crippen LogP contribution in [-0.2, 0) is 32.1 Å². The van der Waals surface area contributed by atoms with Crippen LogP contribution in [0.1, 0.15) is 50.2 Å². The second-order valence-corrected chi connectivity index (χ2v) is 10.5. The van der Waals surface area contributed by atoms with Crippen molar-refractivity contribution in [3.8, 4) is 11.5 Å². The van der Waals surface area contributed by atoms with Crippen molar-refractivity contribution >= 4 is 23.7 Å². The van der Waals surface area contributed by atoms with Crippen molar-refractivity contribution in [3.05, 3.63) is 59.7 Å². The standard InChI is InChI=1S/C31H42N4O7/c1-21(36)34-27(18-29(37)38)31(40)35-26(12-10-22-7-4-3-5-8-22)30(39)33-20-24-17-25(11-13-28(24)41-2)42-16-14-23-9-6-15-32-19-23/h3-5,7-8,11,13,17,23,26-27,32H,6,9-10,12,14-16,18-20H2,1-2H3,(H,33,39)(H,34,36)(H,35,40)(H,37,38)/t23?,26-,27-/m0/s1. The summed E-state index contributed by atoms with van der Waals surface area (Å²) in [7, 11) is 1.55. The van der Waals surface area contributed by atoms with Crippen LogP contribution >= 0.6 is 0 Å². The van der Waals surface area contributed by atoms with Crippen molar-refractivity contribution in [1.29, 1.82) is 0 Å². The number of benzene rings is 2. The molecule has 0 saturated carbocycles. The van der Waals surface area contributed by atoms with Crippen molar-refractivity contribution in [2.45, 2.75) is 64.1 Å². The molecule has 3 amide bonds. The number of hydrogen-bond donors (Lipinski definition) is 5. The predicted molar refractivity (Wildman–Crippen MR) is 157 cm³/mol. The van der Waals surface area contributed by atoms with Gasteiger partial charge in [-0.05, 0) is 74.9 Å². The number of aliphatic carboxylic acids is 1. The molecule has 11 heteroatoms. The molecule has 1 aliphatic rings. The zero-order valence-electron chi connectivity index (χ0n) is 24.3. The molecule has 42 heavy (non-hydrogen) atoms. The maximum atomic E-state index is 13.4. The van der Waals surface area contributed by atoms with Gasteiger partial charge in [-0.15, -0.1) is 0 Å². The summed E-state index contributed by atoms with van der Waals surface area (Å²) >= 11 is 0. The van der Waals surface area contributed by atoms with Gasteiger partial charge >= 0.3 is 5.97 Å². The first-order chi connectivity index (χ1) is 20.2. The van der Waals surface area contributed by atoms with Crippen LogP contribution in [0.3, 0.4) is 0 Å². The zero-order chi connectivity index (χ0) is 30.3. The van der Waals surface area contributed by atoms with Gasteiger partial charge < -0.3 is 35.8 Å². The number of ether oxygens (including phenoxy) is 2. The molecule has 0 spiro atoms. The summed E-state index contributed by atoms with van der Waals surface area (Å²) in [5.41, 5.74) is 1.68. The number of amides is 3. The number of carbonyl (C=O) groups is 4. The molecule has 1 heterocycles. The molecule has 3 atom stereocenters. The van der Waals surface area contributed by atoms with Crippen LogP contribution in [0.25, 0.3) is 0 Å². The van der Waals surface area contributed by atoms with E-state index in [-0.39, 0.29) is 13.0 Å². The Labute approximate surface area is 246 Å². The molecule has 1 unspecified atom stereocenters. The Morgan fingerprint density at radius 1 is 1.05 bits per heavy atom. The fourth-order valence-corrected chi connectivity index (χ4v) is 4.93. The van der Waals surface area contributed by atoms with E-state index in [2.05, 4.69) is 21.3 Å². The van der Waals surface area contributed by atoms with Gasteiger partial charge in [-0.1, -0.05) is 30.3 Å². The fraction of sp³-hybridized carbons (Fsp3) is 0.484. The molecule has 11 nitrogen and oxygen atoms in total. The first kappa shape index (κ1) is 32.4. The lowest BCUT2D eigenvalue weighted by Gasteiger charge is -2.23. The molecule has 0 aliphatic carbocycles. The molecule has 1 saturated heterocycles. The number of carbonyl (C=O) groups excluding carboxylic acids is 3. The highest BCUT2D eigenvalue weighted by molar-refractivity contribution is 5.93. The normalized spacial score (nSPS) is 16.0. The van der Waals surface area contributed by atoms with Crippen LogP contribution in [0.4, 0.5) is 0 Å². The summed E-state index contributed by atoms with van der Waals surface area (Å²) in [4.78, 5) is 49.2. The Kier molecular flexibility index (Phi) is 13.1. The topological polar surface area (TPSA) is 155 Å². The Bertz CT molecular complexity index is 1170. The van der Waals surface area contributed by atoms with Gasteiger partial charge in [-0.2, -0.15) is 0 Å². The van der Waals surface area contributed by atoms with Crippen LogP contribution < -0.4 is 30.7 Å². The Balaban J connectivity index is 1.66. The Morgan fingerprint density at radius 3 is 2.50 bits per heavy atom.